The van der Waals surface area contributed by atoms with Crippen LogP contribution in [0.5, 0.6) is 5.75 Å². The summed E-state index contributed by atoms with van der Waals surface area (Å²) in [6.45, 7) is 0.987. The van der Waals surface area contributed by atoms with Crippen molar-refractivity contribution in [2.45, 2.75) is 13.0 Å². The Morgan fingerprint density at radius 1 is 1.15 bits per heavy atom. The third-order valence-electron chi connectivity index (χ3n) is 3.35. The molecule has 0 saturated carbocycles. The molecule has 102 valence electrons. The van der Waals surface area contributed by atoms with Crippen molar-refractivity contribution in [2.24, 2.45) is 0 Å². The first-order chi connectivity index (χ1) is 9.74. The van der Waals surface area contributed by atoms with Crippen LogP contribution in [0.25, 0.3) is 0 Å². The Kier molecular flexibility index (Phi) is 3.37. The van der Waals surface area contributed by atoms with E-state index < -0.39 is 0 Å². The maximum Gasteiger partial charge on any atom is 0.251 e. The first kappa shape index (κ1) is 12.7. The van der Waals surface area contributed by atoms with Gasteiger partial charge in [0.05, 0.1) is 0 Å². The largest absolute Gasteiger partial charge is 0.489 e. The normalized spacial score (nSPS) is 13.6. The molecular formula is C16H14FNO2. The van der Waals surface area contributed by atoms with Crippen LogP contribution in [-0.2, 0) is 13.0 Å². The predicted molar refractivity (Wildman–Crippen MR) is 73.2 cm³/mol. The van der Waals surface area contributed by atoms with Crippen LogP contribution >= 0.6 is 0 Å². The lowest BCUT2D eigenvalue weighted by Crippen LogP contribution is -2.32. The molecule has 2 aromatic rings. The van der Waals surface area contributed by atoms with Gasteiger partial charge in [0.25, 0.3) is 5.91 Å². The highest BCUT2D eigenvalue weighted by atomic mass is 19.1. The summed E-state index contributed by atoms with van der Waals surface area (Å²) in [5.74, 6) is 0.405. The van der Waals surface area contributed by atoms with Crippen molar-refractivity contribution in [2.75, 3.05) is 6.54 Å². The van der Waals surface area contributed by atoms with Crippen molar-refractivity contribution in [3.05, 3.63) is 65.0 Å². The highest BCUT2D eigenvalue weighted by Crippen LogP contribution is 2.26. The molecule has 4 heteroatoms. The summed E-state index contributed by atoms with van der Waals surface area (Å²) >= 11 is 0. The van der Waals surface area contributed by atoms with Gasteiger partial charge in [0.2, 0.25) is 0 Å². The Morgan fingerprint density at radius 3 is 2.75 bits per heavy atom. The van der Waals surface area contributed by atoms with Gasteiger partial charge < -0.3 is 10.1 Å². The lowest BCUT2D eigenvalue weighted by atomic mass is 9.99. The van der Waals surface area contributed by atoms with E-state index in [1.807, 2.05) is 12.1 Å². The molecule has 3 nitrogen and oxygen atoms in total. The van der Waals surface area contributed by atoms with Crippen LogP contribution in [0.1, 0.15) is 21.5 Å². The Bertz CT molecular complexity index is 637. The molecule has 0 saturated heterocycles. The first-order valence-electron chi connectivity index (χ1n) is 6.51. The number of hydrogen-bond donors (Lipinski definition) is 1. The number of benzene rings is 2. The van der Waals surface area contributed by atoms with Crippen LogP contribution in [0.15, 0.2) is 42.5 Å². The van der Waals surface area contributed by atoms with Crippen molar-refractivity contribution in [1.82, 2.24) is 5.32 Å². The molecule has 0 fully saturated rings. The molecule has 0 aliphatic carbocycles. The van der Waals surface area contributed by atoms with E-state index in [1.54, 1.807) is 18.2 Å². The second-order valence-corrected chi connectivity index (χ2v) is 4.70. The summed E-state index contributed by atoms with van der Waals surface area (Å²) in [5.41, 5.74) is 2.51. The fraction of sp³-hybridized carbons (Fsp3) is 0.188. The van der Waals surface area contributed by atoms with E-state index in [0.29, 0.717) is 18.7 Å². The van der Waals surface area contributed by atoms with Gasteiger partial charge in [0.1, 0.15) is 18.2 Å². The maximum atomic E-state index is 12.8. The average Bonchev–Trinajstić information content (AvgIpc) is 2.47. The van der Waals surface area contributed by atoms with Gasteiger partial charge in [-0.15, -0.1) is 0 Å². The third-order valence-corrected chi connectivity index (χ3v) is 3.35. The number of nitrogens with one attached hydrogen (secondary N) is 1. The number of hydrogen-bond acceptors (Lipinski definition) is 2. The van der Waals surface area contributed by atoms with Crippen LogP contribution < -0.4 is 10.1 Å². The number of carbonyl (C=O) groups excluding carboxylic acids is 1. The van der Waals surface area contributed by atoms with E-state index >= 15 is 0 Å². The Balaban J connectivity index is 1.79. The van der Waals surface area contributed by atoms with Gasteiger partial charge in [-0.2, -0.15) is 0 Å². The Morgan fingerprint density at radius 2 is 1.95 bits per heavy atom. The minimum atomic E-state index is -0.262. The van der Waals surface area contributed by atoms with E-state index in [1.165, 1.54) is 12.1 Å². The molecule has 1 aliphatic rings. The van der Waals surface area contributed by atoms with Crippen molar-refractivity contribution in [3.8, 4) is 5.75 Å². The molecule has 1 heterocycles. The third kappa shape index (κ3) is 2.50. The molecule has 3 rings (SSSR count). The highest BCUT2D eigenvalue weighted by molar-refractivity contribution is 5.97. The van der Waals surface area contributed by atoms with E-state index in [-0.39, 0.29) is 11.7 Å². The summed E-state index contributed by atoms with van der Waals surface area (Å²) < 4.78 is 18.6. The summed E-state index contributed by atoms with van der Waals surface area (Å²) in [6.07, 6.45) is 0.765. The van der Waals surface area contributed by atoms with E-state index in [9.17, 15) is 9.18 Å². The average molecular weight is 271 g/mol. The molecule has 1 aliphatic heterocycles. The first-order valence-corrected chi connectivity index (χ1v) is 6.51. The molecule has 0 aromatic heterocycles. The molecule has 2 aromatic carbocycles. The number of amides is 1. The summed E-state index contributed by atoms with van der Waals surface area (Å²) in [6, 6.07) is 11.7. The topological polar surface area (TPSA) is 38.3 Å². The molecule has 0 bridgehead atoms. The summed E-state index contributed by atoms with van der Waals surface area (Å²) in [7, 11) is 0. The predicted octanol–water partition coefficient (Wildman–Crippen LogP) is 2.69. The molecule has 0 unspecified atom stereocenters. The fourth-order valence-electron chi connectivity index (χ4n) is 2.31. The van der Waals surface area contributed by atoms with Crippen LogP contribution in [0, 0.1) is 5.82 Å². The summed E-state index contributed by atoms with van der Waals surface area (Å²) in [5, 5.41) is 2.81. The monoisotopic (exact) mass is 271 g/mol. The molecule has 0 spiro atoms. The number of ether oxygens (including phenoxy) is 1. The van der Waals surface area contributed by atoms with E-state index in [2.05, 4.69) is 5.32 Å². The van der Waals surface area contributed by atoms with Crippen LogP contribution in [0.4, 0.5) is 4.39 Å². The van der Waals surface area contributed by atoms with Crippen molar-refractivity contribution >= 4 is 5.91 Å². The Hall–Kier alpha value is -2.36. The van der Waals surface area contributed by atoms with Crippen molar-refractivity contribution in [1.29, 1.82) is 0 Å². The number of carbonyl (C=O) groups is 1. The van der Waals surface area contributed by atoms with Crippen LogP contribution in [-0.4, -0.2) is 12.5 Å². The molecular weight excluding hydrogens is 257 g/mol. The van der Waals surface area contributed by atoms with Gasteiger partial charge in [0.15, 0.2) is 0 Å². The van der Waals surface area contributed by atoms with Gasteiger partial charge in [-0.05, 0) is 36.2 Å². The van der Waals surface area contributed by atoms with Crippen LogP contribution in [0.3, 0.4) is 0 Å². The number of halogens is 1. The zero-order valence-corrected chi connectivity index (χ0v) is 10.9. The standard InChI is InChI=1S/C16H14FNO2/c17-12-6-4-11(5-7-12)10-20-15-3-1-2-14-13(15)8-9-18-16(14)19/h1-7H,8-10H2,(H,18,19). The molecule has 1 N–H and O–H groups in total. The van der Waals surface area contributed by atoms with Gasteiger partial charge in [-0.3, -0.25) is 4.79 Å². The van der Waals surface area contributed by atoms with Gasteiger partial charge >= 0.3 is 0 Å². The van der Waals surface area contributed by atoms with E-state index in [0.717, 1.165) is 23.3 Å². The molecule has 0 atom stereocenters. The zero-order valence-electron chi connectivity index (χ0n) is 10.9. The molecule has 20 heavy (non-hydrogen) atoms. The summed E-state index contributed by atoms with van der Waals surface area (Å²) in [4.78, 5) is 11.7. The number of fused-ring (bicyclic) bond motifs is 1. The smallest absolute Gasteiger partial charge is 0.251 e. The maximum absolute atomic E-state index is 12.8. The molecule has 0 radical (unpaired) electrons. The second kappa shape index (κ2) is 5.33. The SMILES string of the molecule is O=C1NCCc2c(OCc3ccc(F)cc3)cccc21. The lowest BCUT2D eigenvalue weighted by Gasteiger charge is -2.19. The lowest BCUT2D eigenvalue weighted by molar-refractivity contribution is 0.0945. The van der Waals surface area contributed by atoms with Crippen molar-refractivity contribution < 1.29 is 13.9 Å². The van der Waals surface area contributed by atoms with Crippen molar-refractivity contribution in [3.63, 3.8) is 0 Å². The minimum Gasteiger partial charge on any atom is -0.489 e. The quantitative estimate of drug-likeness (QED) is 0.932. The minimum absolute atomic E-state index is 0.0570. The molecule has 1 amide bonds. The zero-order chi connectivity index (χ0) is 13.9. The highest BCUT2D eigenvalue weighted by Gasteiger charge is 2.19. The second-order valence-electron chi connectivity index (χ2n) is 4.70. The fourth-order valence-corrected chi connectivity index (χ4v) is 2.31. The van der Waals surface area contributed by atoms with E-state index in [4.69, 9.17) is 4.74 Å². The Labute approximate surface area is 116 Å². The van der Waals surface area contributed by atoms with Gasteiger partial charge in [-0.1, -0.05) is 18.2 Å². The van der Waals surface area contributed by atoms with Gasteiger partial charge in [0, 0.05) is 17.7 Å². The van der Waals surface area contributed by atoms with Gasteiger partial charge in [-0.25, -0.2) is 4.39 Å². The number of rotatable bonds is 3. The van der Waals surface area contributed by atoms with Crippen LogP contribution in [0.2, 0.25) is 0 Å².